The van der Waals surface area contributed by atoms with E-state index in [2.05, 4.69) is 70.6 Å². The molecule has 4 aromatic heterocycles. The number of hydrogen-bond donors (Lipinski definition) is 3. The molecule has 20 heteroatoms. The van der Waals surface area contributed by atoms with Crippen LogP contribution in [-0.2, 0) is 62.6 Å². The first kappa shape index (κ1) is 52.1. The molecule has 0 spiro atoms. The van der Waals surface area contributed by atoms with Crippen molar-refractivity contribution < 1.29 is 77.9 Å². The van der Waals surface area contributed by atoms with Gasteiger partial charge in [-0.3, -0.25) is 38.7 Å². The minimum atomic E-state index is -1.78. The molecule has 0 aliphatic rings. The average Bonchev–Trinajstić information content (AvgIpc) is 3.88. The molecule has 0 aliphatic carbocycles. The molecule has 3 amide bonds. The predicted molar refractivity (Wildman–Crippen MR) is 216 cm³/mol. The van der Waals surface area contributed by atoms with Crippen LogP contribution >= 0.6 is 22.7 Å². The van der Waals surface area contributed by atoms with Gasteiger partial charge >= 0.3 is 19.5 Å². The van der Waals surface area contributed by atoms with Crippen LogP contribution in [0, 0.1) is 0 Å². The Hall–Kier alpha value is -6.89. The Kier molecular flexibility index (Phi) is 23.7. The molecule has 4 heterocycles. The summed E-state index contributed by atoms with van der Waals surface area (Å²) in [6.07, 6.45) is 3.67. The number of carboxylic acids is 3. The number of nitrogens with one attached hydrogen (secondary N) is 3. The normalized spacial score (nSPS) is 9.43. The molecule has 317 valence electrons. The van der Waals surface area contributed by atoms with Crippen LogP contribution in [0.5, 0.6) is 0 Å². The number of carbonyl (C=O) groups excluding carboxylic acids is 9. The van der Waals surface area contributed by atoms with Gasteiger partial charge in [0, 0.05) is 42.6 Å². The number of fused-ring (bicyclic) bond motifs is 2. The minimum Gasteiger partial charge on any atom is -0.542 e. The quantitative estimate of drug-likeness (QED) is 0.116. The van der Waals surface area contributed by atoms with Gasteiger partial charge in [-0.05, 0) is 59.3 Å². The van der Waals surface area contributed by atoms with Crippen molar-refractivity contribution in [1.29, 1.82) is 0 Å². The van der Waals surface area contributed by atoms with E-state index in [-0.39, 0.29) is 19.5 Å². The summed E-state index contributed by atoms with van der Waals surface area (Å²) in [5, 5.41) is 37.7. The fourth-order valence-electron chi connectivity index (χ4n) is 4.06. The zero-order valence-corrected chi connectivity index (χ0v) is 35.8. The number of ketones is 3. The summed E-state index contributed by atoms with van der Waals surface area (Å²) >= 11 is 3.58. The van der Waals surface area contributed by atoms with Crippen LogP contribution in [0.25, 0.3) is 41.3 Å². The van der Waals surface area contributed by atoms with Crippen molar-refractivity contribution in [2.45, 2.75) is 20.8 Å². The zero-order chi connectivity index (χ0) is 44.6. The zero-order valence-electron chi connectivity index (χ0n) is 32.5. The van der Waals surface area contributed by atoms with E-state index in [4.69, 9.17) is 0 Å². The number of hydrogen-bond acceptors (Lipinski definition) is 16. The predicted octanol–water partition coefficient (Wildman–Crippen LogP) is 0.249. The van der Waals surface area contributed by atoms with Crippen LogP contribution in [0.2, 0.25) is 0 Å². The van der Waals surface area contributed by atoms with Crippen molar-refractivity contribution in [1.82, 2.24) is 25.9 Å². The van der Waals surface area contributed by atoms with Crippen LogP contribution in [0.15, 0.2) is 109 Å². The molecule has 61 heavy (non-hydrogen) atoms. The van der Waals surface area contributed by atoms with Crippen molar-refractivity contribution in [3.05, 3.63) is 109 Å². The second-order valence-corrected chi connectivity index (χ2v) is 13.8. The fraction of sp³-hybridized carbons (Fsp3) is 0.146. The van der Waals surface area contributed by atoms with Gasteiger partial charge < -0.3 is 45.7 Å². The molecule has 6 rings (SSSR count). The molecule has 17 nitrogen and oxygen atoms in total. The molecule has 0 saturated carbocycles. The van der Waals surface area contributed by atoms with Crippen LogP contribution in [-0.4, -0.2) is 82.6 Å². The van der Waals surface area contributed by atoms with Gasteiger partial charge in [-0.25, -0.2) is 0 Å². The second kappa shape index (κ2) is 27.7. The van der Waals surface area contributed by atoms with Gasteiger partial charge in [-0.2, -0.15) is 0 Å². The van der Waals surface area contributed by atoms with Crippen LogP contribution in [0.3, 0.4) is 0 Å². The third-order valence-corrected chi connectivity index (χ3v) is 9.14. The molecule has 0 saturated heterocycles. The van der Waals surface area contributed by atoms with Gasteiger partial charge in [0.2, 0.25) is 17.7 Å². The number of thiophene rings is 2. The summed E-state index contributed by atoms with van der Waals surface area (Å²) in [5.74, 6) is -10.1. The molecular formula is C41H36N5O12RuS2. The SMILES string of the molecule is CC(=O)NCC(=O)C(=O)[O-].CC(=O)NCC(=O)C(=O)[O-].CC(=O)NCC(=O)C(=O)[O-].[Ru+3].c1ccc(-c2cc3ccccc3s2)nc1.c1ccc(-c2cc3ccccc3s2)nc1. The number of benzene rings is 2. The number of carboxylic acid groups (broad SMARTS) is 3. The molecule has 1 radical (unpaired) electrons. The average molecular weight is 956 g/mol. The van der Waals surface area contributed by atoms with E-state index >= 15 is 0 Å². The molecule has 0 fully saturated rings. The van der Waals surface area contributed by atoms with Crippen LogP contribution in [0.1, 0.15) is 20.8 Å². The van der Waals surface area contributed by atoms with Gasteiger partial charge in [0.15, 0.2) is 17.3 Å². The number of aliphatic carboxylic acids is 3. The number of aromatic nitrogens is 2. The summed E-state index contributed by atoms with van der Waals surface area (Å²) in [6, 6.07) is 33.2. The summed E-state index contributed by atoms with van der Waals surface area (Å²) in [7, 11) is 0. The molecule has 0 bridgehead atoms. The standard InChI is InChI=1S/2C13H9NS.3C5H7NO4.Ru/c2*1-2-7-12-10(5-1)9-13(15-12)11-6-3-4-8-14-11;3*1-3(7)6-2-4(8)5(9)10;/h2*1-9H;3*2H2,1H3,(H,6,7)(H,9,10);/q;;;;;+3/p-3. The molecule has 6 aromatic rings. The van der Waals surface area contributed by atoms with Gasteiger partial charge in [-0.15, -0.1) is 22.7 Å². The Morgan fingerprint density at radius 2 is 0.770 bits per heavy atom. The second-order valence-electron chi connectivity index (χ2n) is 11.6. The molecule has 2 aromatic carbocycles. The Bertz CT molecular complexity index is 2170. The first-order chi connectivity index (χ1) is 28.5. The van der Waals surface area contributed by atoms with Gasteiger partial charge in [0.05, 0.1) is 40.8 Å². The van der Waals surface area contributed by atoms with E-state index in [1.807, 2.05) is 64.7 Å². The topological polar surface area (TPSA) is 285 Å². The van der Waals surface area contributed by atoms with Crippen molar-refractivity contribution in [3.63, 3.8) is 0 Å². The van der Waals surface area contributed by atoms with E-state index < -0.39 is 72.6 Å². The van der Waals surface area contributed by atoms with Crippen molar-refractivity contribution >= 4 is 95.8 Å². The van der Waals surface area contributed by atoms with Crippen molar-refractivity contribution in [3.8, 4) is 21.1 Å². The maximum atomic E-state index is 10.2. The summed E-state index contributed by atoms with van der Waals surface area (Å²) in [6.45, 7) is 2.04. The third-order valence-electron chi connectivity index (χ3n) is 6.86. The van der Waals surface area contributed by atoms with Gasteiger partial charge in [0.1, 0.15) is 17.9 Å². The molecular weight excluding hydrogens is 920 g/mol. The van der Waals surface area contributed by atoms with Crippen LogP contribution < -0.4 is 31.3 Å². The van der Waals surface area contributed by atoms with E-state index in [0.717, 1.165) is 11.4 Å². The molecule has 0 atom stereocenters. The molecule has 3 N–H and O–H groups in total. The summed E-state index contributed by atoms with van der Waals surface area (Å²) < 4.78 is 2.64. The maximum absolute atomic E-state index is 10.2. The molecule has 0 aliphatic heterocycles. The summed E-state index contributed by atoms with van der Waals surface area (Å²) in [4.78, 5) is 101. The number of rotatable bonds is 11. The van der Waals surface area contributed by atoms with Gasteiger partial charge in [-0.1, -0.05) is 48.5 Å². The molecule has 0 unspecified atom stereocenters. The largest absolute Gasteiger partial charge is 3.00 e. The van der Waals surface area contributed by atoms with E-state index in [9.17, 15) is 58.5 Å². The van der Waals surface area contributed by atoms with Crippen LogP contribution in [0.4, 0.5) is 0 Å². The summed E-state index contributed by atoms with van der Waals surface area (Å²) in [5.41, 5.74) is 2.11. The number of pyridine rings is 2. The number of carbonyl (C=O) groups is 9. The number of nitrogens with zero attached hydrogens (tertiary/aromatic N) is 2. The third kappa shape index (κ3) is 20.6. The van der Waals surface area contributed by atoms with E-state index in [1.54, 1.807) is 22.7 Å². The Labute approximate surface area is 369 Å². The minimum absolute atomic E-state index is 0. The monoisotopic (exact) mass is 956 g/mol. The fourth-order valence-corrected chi connectivity index (χ4v) is 6.14. The Balaban J connectivity index is 0.000000387. The van der Waals surface area contributed by atoms with E-state index in [1.165, 1.54) is 50.7 Å². The van der Waals surface area contributed by atoms with E-state index in [0.29, 0.717) is 0 Å². The Morgan fingerprint density at radius 1 is 0.475 bits per heavy atom. The first-order valence-corrected chi connectivity index (χ1v) is 18.9. The number of Topliss-reactive ketones (excluding diaryl/α,β-unsaturated/α-hetero) is 3. The maximum Gasteiger partial charge on any atom is 3.00 e. The smallest absolute Gasteiger partial charge is 0.542 e. The van der Waals surface area contributed by atoms with Gasteiger partial charge in [0.25, 0.3) is 0 Å². The van der Waals surface area contributed by atoms with Crippen molar-refractivity contribution in [2.75, 3.05) is 19.6 Å². The number of amides is 3. The van der Waals surface area contributed by atoms with Crippen molar-refractivity contribution in [2.24, 2.45) is 0 Å². The first-order valence-electron chi connectivity index (χ1n) is 17.2. The Morgan fingerprint density at radius 3 is 1.02 bits per heavy atom.